The average Bonchev–Trinajstić information content (AvgIpc) is 3.48. The van der Waals surface area contributed by atoms with Crippen molar-refractivity contribution in [1.29, 1.82) is 0 Å². The number of rotatable bonds is 6. The van der Waals surface area contributed by atoms with Gasteiger partial charge in [-0.1, -0.05) is 48.5 Å². The lowest BCUT2D eigenvalue weighted by Gasteiger charge is -2.35. The number of nitrogens with zero attached hydrogens (tertiary/aromatic N) is 4. The number of fused-ring (bicyclic) bond motifs is 1. The minimum Gasteiger partial charge on any atom is -0.448 e. The van der Waals surface area contributed by atoms with Crippen LogP contribution in [0.15, 0.2) is 60.7 Å². The van der Waals surface area contributed by atoms with Crippen molar-refractivity contribution in [2.45, 2.75) is 38.8 Å². The van der Waals surface area contributed by atoms with Crippen LogP contribution in [-0.4, -0.2) is 63.7 Å². The Balaban J connectivity index is 1.20. The largest absolute Gasteiger partial charge is 0.448 e. The average molecular weight is 459 g/mol. The molecule has 2 aliphatic rings. The van der Waals surface area contributed by atoms with Gasteiger partial charge in [0, 0.05) is 44.0 Å². The first kappa shape index (κ1) is 22.3. The Morgan fingerprint density at radius 2 is 1.62 bits per heavy atom. The summed E-state index contributed by atoms with van der Waals surface area (Å²) < 4.78 is 7.47. The van der Waals surface area contributed by atoms with Crippen molar-refractivity contribution in [3.8, 4) is 5.69 Å². The van der Waals surface area contributed by atoms with Gasteiger partial charge >= 0.3 is 5.97 Å². The van der Waals surface area contributed by atoms with Gasteiger partial charge in [-0.05, 0) is 43.9 Å². The number of para-hydroxylation sites is 1. The third-order valence-electron chi connectivity index (χ3n) is 6.69. The van der Waals surface area contributed by atoms with Gasteiger partial charge in [-0.15, -0.1) is 0 Å². The number of carbonyl (C=O) groups is 2. The second-order valence-corrected chi connectivity index (χ2v) is 9.01. The number of amides is 1. The van der Waals surface area contributed by atoms with E-state index in [-0.39, 0.29) is 5.91 Å². The van der Waals surface area contributed by atoms with E-state index in [4.69, 9.17) is 4.74 Å². The third kappa shape index (κ3) is 4.61. The molecule has 1 unspecified atom stereocenters. The maximum atomic E-state index is 13.0. The van der Waals surface area contributed by atoms with E-state index in [2.05, 4.69) is 22.1 Å². The van der Waals surface area contributed by atoms with Crippen molar-refractivity contribution in [3.63, 3.8) is 0 Å². The van der Waals surface area contributed by atoms with Crippen LogP contribution in [0.4, 0.5) is 0 Å². The Bertz CT molecular complexity index is 1150. The van der Waals surface area contributed by atoms with E-state index in [0.29, 0.717) is 18.8 Å². The molecule has 2 heterocycles. The molecule has 0 spiro atoms. The first-order valence-corrected chi connectivity index (χ1v) is 12.0. The van der Waals surface area contributed by atoms with Crippen LogP contribution in [0.1, 0.15) is 40.7 Å². The molecule has 0 saturated carbocycles. The molecule has 3 aromatic rings. The number of ether oxygens (including phenoxy) is 1. The van der Waals surface area contributed by atoms with Gasteiger partial charge in [0.05, 0.1) is 5.69 Å². The van der Waals surface area contributed by atoms with Crippen molar-refractivity contribution in [1.82, 2.24) is 19.6 Å². The van der Waals surface area contributed by atoms with Crippen molar-refractivity contribution in [2.75, 3.05) is 26.2 Å². The summed E-state index contributed by atoms with van der Waals surface area (Å²) in [6.45, 7) is 5.40. The number of carbonyl (C=O) groups excluding carboxylic acids is 2. The minimum absolute atomic E-state index is 0.146. The van der Waals surface area contributed by atoms with Crippen LogP contribution in [-0.2, 0) is 28.9 Å². The summed E-state index contributed by atoms with van der Waals surface area (Å²) in [5, 5.41) is 4.59. The molecule has 1 aliphatic carbocycles. The molecule has 7 nitrogen and oxygen atoms in total. The summed E-state index contributed by atoms with van der Waals surface area (Å²) in [7, 11) is 0. The van der Waals surface area contributed by atoms with Gasteiger partial charge in [0.15, 0.2) is 11.8 Å². The highest BCUT2D eigenvalue weighted by atomic mass is 16.5. The number of benzene rings is 2. The quantitative estimate of drug-likeness (QED) is 0.531. The second-order valence-electron chi connectivity index (χ2n) is 9.01. The van der Waals surface area contributed by atoms with E-state index in [1.807, 2.05) is 53.2 Å². The molecule has 1 amide bonds. The second kappa shape index (κ2) is 9.81. The molecule has 1 aromatic heterocycles. The lowest BCUT2D eigenvalue weighted by Crippen LogP contribution is -2.51. The predicted molar refractivity (Wildman–Crippen MR) is 129 cm³/mol. The van der Waals surface area contributed by atoms with E-state index in [1.165, 1.54) is 5.56 Å². The van der Waals surface area contributed by atoms with Crippen molar-refractivity contribution < 1.29 is 14.3 Å². The van der Waals surface area contributed by atoms with Gasteiger partial charge in [0.1, 0.15) is 0 Å². The van der Waals surface area contributed by atoms with Gasteiger partial charge in [-0.25, -0.2) is 9.48 Å². The van der Waals surface area contributed by atoms with E-state index >= 15 is 0 Å². The van der Waals surface area contributed by atoms with E-state index < -0.39 is 12.1 Å². The van der Waals surface area contributed by atoms with Crippen LogP contribution in [0.5, 0.6) is 0 Å². The SMILES string of the molecule is CC(OC(=O)c1nn(-c2ccccc2)c2c1CCC2)C(=O)N1CCN(Cc2ccccc2)CC1. The van der Waals surface area contributed by atoms with Crippen LogP contribution in [0.3, 0.4) is 0 Å². The Hall–Kier alpha value is -3.45. The number of piperazine rings is 1. The topological polar surface area (TPSA) is 67.7 Å². The Labute approximate surface area is 199 Å². The highest BCUT2D eigenvalue weighted by molar-refractivity contribution is 5.92. The monoisotopic (exact) mass is 458 g/mol. The van der Waals surface area contributed by atoms with E-state index in [9.17, 15) is 9.59 Å². The van der Waals surface area contributed by atoms with Crippen LogP contribution in [0.25, 0.3) is 5.69 Å². The minimum atomic E-state index is -0.841. The van der Waals surface area contributed by atoms with E-state index in [0.717, 1.165) is 55.8 Å². The zero-order chi connectivity index (χ0) is 23.5. The zero-order valence-electron chi connectivity index (χ0n) is 19.5. The molecule has 5 rings (SSSR count). The fourth-order valence-electron chi connectivity index (χ4n) is 4.88. The first-order chi connectivity index (χ1) is 16.6. The van der Waals surface area contributed by atoms with Gasteiger partial charge in [0.25, 0.3) is 5.91 Å². The summed E-state index contributed by atoms with van der Waals surface area (Å²) in [4.78, 5) is 30.2. The molecule has 34 heavy (non-hydrogen) atoms. The molecular weight excluding hydrogens is 428 g/mol. The summed E-state index contributed by atoms with van der Waals surface area (Å²) in [6.07, 6.45) is 1.83. The molecule has 2 aromatic carbocycles. The van der Waals surface area contributed by atoms with Crippen LogP contribution < -0.4 is 0 Å². The Morgan fingerprint density at radius 3 is 2.32 bits per heavy atom. The Kier molecular flexibility index (Phi) is 6.45. The molecule has 1 atom stereocenters. The zero-order valence-corrected chi connectivity index (χ0v) is 19.5. The number of hydrogen-bond acceptors (Lipinski definition) is 5. The standard InChI is InChI=1S/C27H30N4O3/c1-20(26(32)30-17-15-29(16-18-30)19-21-9-4-2-5-10-21)34-27(33)25-23-13-8-14-24(23)31(28-25)22-11-6-3-7-12-22/h2-7,9-12,20H,8,13-19H2,1H3. The van der Waals surface area contributed by atoms with Crippen molar-refractivity contribution >= 4 is 11.9 Å². The summed E-state index contributed by atoms with van der Waals surface area (Å²) in [6, 6.07) is 20.2. The predicted octanol–water partition coefficient (Wildman–Crippen LogP) is 3.25. The molecule has 176 valence electrons. The molecule has 1 aliphatic heterocycles. The molecule has 1 fully saturated rings. The highest BCUT2D eigenvalue weighted by Crippen LogP contribution is 2.28. The molecule has 0 radical (unpaired) electrons. The molecular formula is C27H30N4O3. The molecule has 7 heteroatoms. The molecule has 0 bridgehead atoms. The van der Waals surface area contributed by atoms with E-state index in [1.54, 1.807) is 11.8 Å². The van der Waals surface area contributed by atoms with Crippen LogP contribution in [0.2, 0.25) is 0 Å². The number of aromatic nitrogens is 2. The van der Waals surface area contributed by atoms with Gasteiger partial charge < -0.3 is 9.64 Å². The van der Waals surface area contributed by atoms with Crippen LogP contribution in [0, 0.1) is 0 Å². The maximum absolute atomic E-state index is 13.0. The Morgan fingerprint density at radius 1 is 0.941 bits per heavy atom. The number of esters is 1. The van der Waals surface area contributed by atoms with Crippen molar-refractivity contribution in [3.05, 3.63) is 83.2 Å². The highest BCUT2D eigenvalue weighted by Gasteiger charge is 2.32. The normalized spacial score (nSPS) is 16.8. The van der Waals surface area contributed by atoms with Crippen LogP contribution >= 0.6 is 0 Å². The first-order valence-electron chi connectivity index (χ1n) is 12.0. The van der Waals surface area contributed by atoms with Crippen molar-refractivity contribution in [2.24, 2.45) is 0 Å². The summed E-state index contributed by atoms with van der Waals surface area (Å²) in [5.74, 6) is -0.664. The van der Waals surface area contributed by atoms with Gasteiger partial charge in [-0.2, -0.15) is 5.10 Å². The molecule has 1 saturated heterocycles. The lowest BCUT2D eigenvalue weighted by atomic mass is 10.2. The smallest absolute Gasteiger partial charge is 0.359 e. The fraction of sp³-hybridized carbons (Fsp3) is 0.370. The number of hydrogen-bond donors (Lipinski definition) is 0. The van der Waals surface area contributed by atoms with Gasteiger partial charge in [-0.3, -0.25) is 9.69 Å². The summed E-state index contributed by atoms with van der Waals surface area (Å²) >= 11 is 0. The summed E-state index contributed by atoms with van der Waals surface area (Å²) in [5.41, 5.74) is 4.54. The lowest BCUT2D eigenvalue weighted by molar-refractivity contribution is -0.141. The fourth-order valence-corrected chi connectivity index (χ4v) is 4.88. The third-order valence-corrected chi connectivity index (χ3v) is 6.69. The maximum Gasteiger partial charge on any atom is 0.359 e. The molecule has 0 N–H and O–H groups in total. The van der Waals surface area contributed by atoms with Gasteiger partial charge in [0.2, 0.25) is 0 Å².